The van der Waals surface area contributed by atoms with Crippen LogP contribution in [-0.4, -0.2) is 39.3 Å². The highest BCUT2D eigenvalue weighted by atomic mass is 32.1. The van der Waals surface area contributed by atoms with E-state index in [0.717, 1.165) is 25.7 Å². The molecule has 1 aliphatic carbocycles. The summed E-state index contributed by atoms with van der Waals surface area (Å²) < 4.78 is 26.4. The van der Waals surface area contributed by atoms with Crippen molar-refractivity contribution >= 4 is 32.6 Å². The van der Waals surface area contributed by atoms with Gasteiger partial charge in [-0.1, -0.05) is 24.2 Å². The highest BCUT2D eigenvalue weighted by Gasteiger charge is 2.25. The molecular formula is C19H22FN5O3S. The minimum absolute atomic E-state index is 0.0382. The van der Waals surface area contributed by atoms with Gasteiger partial charge >= 0.3 is 0 Å². The molecule has 29 heavy (non-hydrogen) atoms. The molecule has 0 spiro atoms. The molecule has 1 unspecified atom stereocenters. The van der Waals surface area contributed by atoms with E-state index in [0.29, 0.717) is 26.8 Å². The molecule has 4 rings (SSSR count). The quantitative estimate of drug-likeness (QED) is 0.558. The number of hydrogen-bond donors (Lipinski definition) is 3. The fourth-order valence-electron chi connectivity index (χ4n) is 3.40. The van der Waals surface area contributed by atoms with Gasteiger partial charge in [-0.25, -0.2) is 19.3 Å². The van der Waals surface area contributed by atoms with Gasteiger partial charge in [0.25, 0.3) is 0 Å². The number of nitrogens with zero attached hydrogens (tertiary/aromatic N) is 3. The number of ether oxygens (including phenoxy) is 2. The summed E-state index contributed by atoms with van der Waals surface area (Å²) in [5, 5.41) is 14.0. The fourth-order valence-corrected chi connectivity index (χ4v) is 4.38. The second kappa shape index (κ2) is 8.34. The van der Waals surface area contributed by atoms with E-state index in [4.69, 9.17) is 15.2 Å². The number of benzene rings is 1. The normalized spacial score (nSPS) is 19.3. The molecule has 0 aliphatic heterocycles. The van der Waals surface area contributed by atoms with Crippen molar-refractivity contribution in [1.29, 1.82) is 0 Å². The van der Waals surface area contributed by atoms with Crippen LogP contribution in [0.3, 0.4) is 0 Å². The Morgan fingerprint density at radius 3 is 2.90 bits per heavy atom. The smallest absolute Gasteiger partial charge is 0.220 e. The molecule has 0 amide bonds. The Morgan fingerprint density at radius 1 is 1.31 bits per heavy atom. The van der Waals surface area contributed by atoms with Gasteiger partial charge in [-0.15, -0.1) is 0 Å². The predicted molar refractivity (Wildman–Crippen MR) is 109 cm³/mol. The highest BCUT2D eigenvalue weighted by molar-refractivity contribution is 7.22. The van der Waals surface area contributed by atoms with Crippen LogP contribution in [0.5, 0.6) is 11.5 Å². The fraction of sp³-hybridized carbons (Fsp3) is 0.421. The summed E-state index contributed by atoms with van der Waals surface area (Å²) in [6.07, 6.45) is 4.76. The lowest BCUT2D eigenvalue weighted by molar-refractivity contribution is 0.116. The third-order valence-corrected chi connectivity index (χ3v) is 5.88. The summed E-state index contributed by atoms with van der Waals surface area (Å²) in [6, 6.07) is 3.03. The predicted octanol–water partition coefficient (Wildman–Crippen LogP) is 3.11. The highest BCUT2D eigenvalue weighted by Crippen LogP contribution is 2.40. The summed E-state index contributed by atoms with van der Waals surface area (Å²) in [6.45, 7) is 0.0382. The molecule has 0 saturated heterocycles. The molecule has 1 fully saturated rings. The molecule has 2 heterocycles. The number of nitrogen functional groups attached to an aromatic ring is 1. The molecule has 1 saturated carbocycles. The van der Waals surface area contributed by atoms with Crippen LogP contribution in [0.15, 0.2) is 18.3 Å². The standard InChI is InChI=1S/C19H22FN5O3S/c1-27-14-8-13(28-9-10-6-7-22-18(21)23-10)15(20)17-16(14)25-19(29-17)24-11-4-2-3-5-12(11)26/h6-8,11-12,26H,2-5,9H2,1H3,(H,24,25)(H2,21,22,23)/t11?,12-/m0/s1. The van der Waals surface area contributed by atoms with Crippen LogP contribution in [-0.2, 0) is 6.61 Å². The topological polar surface area (TPSA) is 115 Å². The van der Waals surface area contributed by atoms with Gasteiger partial charge in [0.2, 0.25) is 5.95 Å². The van der Waals surface area contributed by atoms with Crippen molar-refractivity contribution in [2.24, 2.45) is 0 Å². The maximum Gasteiger partial charge on any atom is 0.220 e. The molecule has 2 atom stereocenters. The lowest BCUT2D eigenvalue weighted by atomic mass is 9.93. The van der Waals surface area contributed by atoms with E-state index < -0.39 is 11.9 Å². The number of rotatable bonds is 6. The zero-order chi connectivity index (χ0) is 20.4. The summed E-state index contributed by atoms with van der Waals surface area (Å²) >= 11 is 1.17. The molecule has 154 valence electrons. The first-order chi connectivity index (χ1) is 14.0. The number of anilines is 2. The molecular weight excluding hydrogens is 397 g/mol. The molecule has 2 aromatic heterocycles. The second-order valence-corrected chi connectivity index (χ2v) is 7.88. The van der Waals surface area contributed by atoms with Crippen LogP contribution in [0.1, 0.15) is 31.4 Å². The third-order valence-electron chi connectivity index (χ3n) is 4.90. The molecule has 10 heteroatoms. The van der Waals surface area contributed by atoms with Crippen LogP contribution < -0.4 is 20.5 Å². The van der Waals surface area contributed by atoms with Gasteiger partial charge in [-0.3, -0.25) is 0 Å². The Balaban J connectivity index is 1.60. The van der Waals surface area contributed by atoms with Crippen molar-refractivity contribution in [2.75, 3.05) is 18.2 Å². The maximum atomic E-state index is 15.1. The van der Waals surface area contributed by atoms with Crippen LogP contribution >= 0.6 is 11.3 Å². The number of thiazole rings is 1. The Bertz CT molecular complexity index is 1010. The summed E-state index contributed by atoms with van der Waals surface area (Å²) in [5.41, 5.74) is 6.52. The molecule has 0 bridgehead atoms. The SMILES string of the molecule is COc1cc(OCc2ccnc(N)n2)c(F)c2sc(NC3CCCC[C@@H]3O)nc12. The number of fused-ring (bicyclic) bond motifs is 1. The molecule has 4 N–H and O–H groups in total. The average Bonchev–Trinajstić information content (AvgIpc) is 3.14. The number of nitrogens with two attached hydrogens (primary N) is 1. The number of halogens is 1. The molecule has 0 radical (unpaired) electrons. The molecule has 8 nitrogen and oxygen atoms in total. The first kappa shape index (κ1) is 19.6. The van der Waals surface area contributed by atoms with Gasteiger partial charge in [0, 0.05) is 12.3 Å². The van der Waals surface area contributed by atoms with Crippen molar-refractivity contribution in [2.45, 2.75) is 44.4 Å². The Labute approximate surface area is 170 Å². The lowest BCUT2D eigenvalue weighted by Gasteiger charge is -2.27. The first-order valence-electron chi connectivity index (χ1n) is 9.37. The van der Waals surface area contributed by atoms with Crippen LogP contribution in [0.25, 0.3) is 10.2 Å². The summed E-state index contributed by atoms with van der Waals surface area (Å²) in [5.74, 6) is 0.0618. The largest absolute Gasteiger partial charge is 0.494 e. The zero-order valence-electron chi connectivity index (χ0n) is 15.9. The Kier molecular flexibility index (Phi) is 5.63. The third kappa shape index (κ3) is 4.18. The van der Waals surface area contributed by atoms with Crippen LogP contribution in [0, 0.1) is 5.82 Å². The molecule has 1 aliphatic rings. The maximum absolute atomic E-state index is 15.1. The summed E-state index contributed by atoms with van der Waals surface area (Å²) in [4.78, 5) is 12.3. The van der Waals surface area contributed by atoms with E-state index in [2.05, 4.69) is 20.3 Å². The van der Waals surface area contributed by atoms with Crippen molar-refractivity contribution in [3.05, 3.63) is 29.8 Å². The van der Waals surface area contributed by atoms with E-state index in [9.17, 15) is 5.11 Å². The zero-order valence-corrected chi connectivity index (χ0v) is 16.7. The van der Waals surface area contributed by atoms with Gasteiger partial charge in [0.1, 0.15) is 17.9 Å². The van der Waals surface area contributed by atoms with Gasteiger partial charge in [0.15, 0.2) is 16.7 Å². The minimum Gasteiger partial charge on any atom is -0.494 e. The van der Waals surface area contributed by atoms with Crippen molar-refractivity contribution < 1.29 is 19.0 Å². The molecule has 3 aromatic rings. The van der Waals surface area contributed by atoms with Gasteiger partial charge < -0.3 is 25.6 Å². The van der Waals surface area contributed by atoms with Crippen LogP contribution in [0.2, 0.25) is 0 Å². The average molecular weight is 419 g/mol. The Hall–Kier alpha value is -2.72. The van der Waals surface area contributed by atoms with Gasteiger partial charge in [-0.2, -0.15) is 0 Å². The van der Waals surface area contributed by atoms with Gasteiger partial charge in [0.05, 0.1) is 29.6 Å². The first-order valence-corrected chi connectivity index (χ1v) is 10.2. The second-order valence-electron chi connectivity index (χ2n) is 6.89. The van der Waals surface area contributed by atoms with E-state index in [1.165, 1.54) is 30.7 Å². The number of hydrogen-bond acceptors (Lipinski definition) is 9. The number of aliphatic hydroxyl groups is 1. The number of methoxy groups -OCH3 is 1. The monoisotopic (exact) mass is 419 g/mol. The number of aliphatic hydroxyl groups excluding tert-OH is 1. The number of nitrogens with one attached hydrogen (secondary N) is 1. The summed E-state index contributed by atoms with van der Waals surface area (Å²) in [7, 11) is 1.50. The van der Waals surface area contributed by atoms with Crippen LogP contribution in [0.4, 0.5) is 15.5 Å². The van der Waals surface area contributed by atoms with Crippen molar-refractivity contribution in [3.8, 4) is 11.5 Å². The Morgan fingerprint density at radius 2 is 2.14 bits per heavy atom. The van der Waals surface area contributed by atoms with E-state index in [1.54, 1.807) is 6.07 Å². The molecule has 1 aromatic carbocycles. The van der Waals surface area contributed by atoms with E-state index in [-0.39, 0.29) is 24.3 Å². The van der Waals surface area contributed by atoms with E-state index in [1.807, 2.05) is 0 Å². The minimum atomic E-state index is -0.516. The van der Waals surface area contributed by atoms with Gasteiger partial charge in [-0.05, 0) is 18.9 Å². The number of aromatic nitrogens is 3. The van der Waals surface area contributed by atoms with Crippen molar-refractivity contribution in [1.82, 2.24) is 15.0 Å². The lowest BCUT2D eigenvalue weighted by Crippen LogP contribution is -2.36. The van der Waals surface area contributed by atoms with Crippen molar-refractivity contribution in [3.63, 3.8) is 0 Å². The van der Waals surface area contributed by atoms with E-state index >= 15 is 4.39 Å².